The number of hydrogen-bond acceptors (Lipinski definition) is 4. The largest absolute Gasteiger partial charge is 0.353 e. The summed E-state index contributed by atoms with van der Waals surface area (Å²) in [5.41, 5.74) is 0. The van der Waals surface area contributed by atoms with E-state index in [4.69, 9.17) is 0 Å². The lowest BCUT2D eigenvalue weighted by molar-refractivity contribution is -0.123. The second-order valence-electron chi connectivity index (χ2n) is 7.46. The van der Waals surface area contributed by atoms with Crippen molar-refractivity contribution in [2.45, 2.75) is 64.3 Å². The minimum absolute atomic E-state index is 0.238. The maximum Gasteiger partial charge on any atom is 0.225 e. The maximum atomic E-state index is 12.4. The van der Waals surface area contributed by atoms with Crippen molar-refractivity contribution in [3.05, 3.63) is 18.5 Å². The molecule has 1 aromatic heterocycles. The highest BCUT2D eigenvalue weighted by atomic mass is 16.1. The van der Waals surface area contributed by atoms with Crippen LogP contribution in [0.15, 0.2) is 18.5 Å². The number of carbonyl (C=O) groups is 1. The Balaban J connectivity index is 1.40. The van der Waals surface area contributed by atoms with Gasteiger partial charge in [0.15, 0.2) is 0 Å². The molecule has 1 aliphatic carbocycles. The molecule has 132 valence electrons. The highest BCUT2D eigenvalue weighted by Gasteiger charge is 2.25. The summed E-state index contributed by atoms with van der Waals surface area (Å²) in [4.78, 5) is 23.2. The molecule has 2 heterocycles. The van der Waals surface area contributed by atoms with Crippen molar-refractivity contribution < 1.29 is 4.79 Å². The average Bonchev–Trinajstić information content (AvgIpc) is 2.64. The Labute approximate surface area is 145 Å². The van der Waals surface area contributed by atoms with Crippen molar-refractivity contribution in [1.29, 1.82) is 0 Å². The zero-order chi connectivity index (χ0) is 16.8. The van der Waals surface area contributed by atoms with Crippen molar-refractivity contribution in [1.82, 2.24) is 15.3 Å². The molecule has 0 aromatic carbocycles. The van der Waals surface area contributed by atoms with Crippen molar-refractivity contribution in [2.75, 3.05) is 18.0 Å². The summed E-state index contributed by atoms with van der Waals surface area (Å²) in [6.07, 6.45) is 12.9. The van der Waals surface area contributed by atoms with E-state index < -0.39 is 0 Å². The van der Waals surface area contributed by atoms with Crippen LogP contribution in [-0.4, -0.2) is 35.0 Å². The summed E-state index contributed by atoms with van der Waals surface area (Å²) in [6, 6.07) is 2.14. The van der Waals surface area contributed by atoms with Gasteiger partial charge in [0.1, 0.15) is 0 Å². The zero-order valence-electron chi connectivity index (χ0n) is 14.8. The molecule has 1 atom stereocenters. The SMILES string of the molecule is C[C@@H](CC(=O)NC1CCN(c2ncccn2)CC1)C1CCCCC1. The van der Waals surface area contributed by atoms with E-state index in [0.717, 1.165) is 37.8 Å². The molecular weight excluding hydrogens is 300 g/mol. The van der Waals surface area contributed by atoms with E-state index in [1.165, 1.54) is 32.1 Å². The van der Waals surface area contributed by atoms with E-state index >= 15 is 0 Å². The summed E-state index contributed by atoms with van der Waals surface area (Å²) < 4.78 is 0. The molecule has 1 amide bonds. The number of amides is 1. The number of piperidine rings is 1. The van der Waals surface area contributed by atoms with Gasteiger partial charge in [-0.15, -0.1) is 0 Å². The molecule has 1 saturated carbocycles. The Morgan fingerprint density at radius 3 is 2.50 bits per heavy atom. The number of nitrogens with zero attached hydrogens (tertiary/aromatic N) is 3. The average molecular weight is 330 g/mol. The minimum atomic E-state index is 0.238. The molecule has 5 heteroatoms. The van der Waals surface area contributed by atoms with Crippen molar-refractivity contribution >= 4 is 11.9 Å². The first kappa shape index (κ1) is 17.2. The van der Waals surface area contributed by atoms with Gasteiger partial charge in [-0.2, -0.15) is 0 Å². The van der Waals surface area contributed by atoms with Gasteiger partial charge in [-0.25, -0.2) is 9.97 Å². The van der Waals surface area contributed by atoms with Crippen LogP contribution in [0.2, 0.25) is 0 Å². The normalized spacial score (nSPS) is 21.5. The molecule has 0 radical (unpaired) electrons. The maximum absolute atomic E-state index is 12.4. The van der Waals surface area contributed by atoms with Crippen LogP contribution >= 0.6 is 0 Å². The fraction of sp³-hybridized carbons (Fsp3) is 0.737. The third-order valence-electron chi connectivity index (χ3n) is 5.66. The number of rotatable bonds is 5. The molecule has 24 heavy (non-hydrogen) atoms. The lowest BCUT2D eigenvalue weighted by Crippen LogP contribution is -2.45. The fourth-order valence-corrected chi connectivity index (χ4v) is 4.13. The van der Waals surface area contributed by atoms with E-state index in [2.05, 4.69) is 27.1 Å². The molecule has 2 fully saturated rings. The number of hydrogen-bond donors (Lipinski definition) is 1. The summed E-state index contributed by atoms with van der Waals surface area (Å²) in [6.45, 7) is 4.07. The quantitative estimate of drug-likeness (QED) is 0.901. The lowest BCUT2D eigenvalue weighted by Gasteiger charge is -2.33. The van der Waals surface area contributed by atoms with Gasteiger partial charge >= 0.3 is 0 Å². The molecule has 1 aliphatic heterocycles. The predicted molar refractivity (Wildman–Crippen MR) is 95.8 cm³/mol. The molecule has 3 rings (SSSR count). The number of aromatic nitrogens is 2. The van der Waals surface area contributed by atoms with Crippen LogP contribution in [0.4, 0.5) is 5.95 Å². The first-order valence-electron chi connectivity index (χ1n) is 9.53. The Bertz CT molecular complexity index is 507. The van der Waals surface area contributed by atoms with Gasteiger partial charge in [0, 0.05) is 37.9 Å². The summed E-state index contributed by atoms with van der Waals surface area (Å²) in [5.74, 6) is 2.31. The van der Waals surface area contributed by atoms with Crippen molar-refractivity contribution in [3.8, 4) is 0 Å². The smallest absolute Gasteiger partial charge is 0.225 e. The number of nitrogens with one attached hydrogen (secondary N) is 1. The Hall–Kier alpha value is -1.65. The second kappa shape index (κ2) is 8.45. The highest BCUT2D eigenvalue weighted by molar-refractivity contribution is 5.76. The zero-order valence-corrected chi connectivity index (χ0v) is 14.8. The number of anilines is 1. The molecule has 0 spiro atoms. The third-order valence-corrected chi connectivity index (χ3v) is 5.66. The first-order chi connectivity index (χ1) is 11.7. The molecular formula is C19H30N4O. The van der Waals surface area contributed by atoms with Crippen LogP contribution in [-0.2, 0) is 4.79 Å². The predicted octanol–water partition coefficient (Wildman–Crippen LogP) is 3.17. The van der Waals surface area contributed by atoms with Gasteiger partial charge in [0.05, 0.1) is 0 Å². The summed E-state index contributed by atoms with van der Waals surface area (Å²) >= 11 is 0. The van der Waals surface area contributed by atoms with Crippen LogP contribution in [0.1, 0.15) is 58.3 Å². The second-order valence-corrected chi connectivity index (χ2v) is 7.46. The molecule has 0 unspecified atom stereocenters. The Morgan fingerprint density at radius 1 is 1.17 bits per heavy atom. The molecule has 5 nitrogen and oxygen atoms in total. The molecule has 2 aliphatic rings. The topological polar surface area (TPSA) is 58.1 Å². The van der Waals surface area contributed by atoms with Crippen LogP contribution < -0.4 is 10.2 Å². The van der Waals surface area contributed by atoms with Crippen molar-refractivity contribution in [3.63, 3.8) is 0 Å². The van der Waals surface area contributed by atoms with Gasteiger partial charge in [0.25, 0.3) is 0 Å². The van der Waals surface area contributed by atoms with E-state index in [1.807, 2.05) is 6.07 Å². The Morgan fingerprint density at radius 2 is 1.83 bits per heavy atom. The number of carbonyl (C=O) groups excluding carboxylic acids is 1. The monoisotopic (exact) mass is 330 g/mol. The minimum Gasteiger partial charge on any atom is -0.353 e. The van der Waals surface area contributed by atoms with Crippen LogP contribution in [0, 0.1) is 11.8 Å². The van der Waals surface area contributed by atoms with E-state index in [9.17, 15) is 4.79 Å². The molecule has 1 aromatic rings. The van der Waals surface area contributed by atoms with E-state index in [-0.39, 0.29) is 5.91 Å². The molecule has 1 saturated heterocycles. The van der Waals surface area contributed by atoms with Gasteiger partial charge in [0.2, 0.25) is 11.9 Å². The van der Waals surface area contributed by atoms with Crippen LogP contribution in [0.3, 0.4) is 0 Å². The van der Waals surface area contributed by atoms with Gasteiger partial charge in [-0.1, -0.05) is 39.0 Å². The van der Waals surface area contributed by atoms with Gasteiger partial charge in [-0.05, 0) is 30.7 Å². The summed E-state index contributed by atoms with van der Waals surface area (Å²) in [5, 5.41) is 3.25. The van der Waals surface area contributed by atoms with E-state index in [1.54, 1.807) is 12.4 Å². The third kappa shape index (κ3) is 4.68. The van der Waals surface area contributed by atoms with Crippen molar-refractivity contribution in [2.24, 2.45) is 11.8 Å². The fourth-order valence-electron chi connectivity index (χ4n) is 4.13. The Kier molecular flexibility index (Phi) is 6.05. The van der Waals surface area contributed by atoms with E-state index in [0.29, 0.717) is 18.4 Å². The van der Waals surface area contributed by atoms with Gasteiger partial charge in [-0.3, -0.25) is 4.79 Å². The lowest BCUT2D eigenvalue weighted by atomic mass is 9.79. The molecule has 1 N–H and O–H groups in total. The van der Waals surface area contributed by atoms with Gasteiger partial charge < -0.3 is 10.2 Å². The highest BCUT2D eigenvalue weighted by Crippen LogP contribution is 2.31. The van der Waals surface area contributed by atoms with Crippen LogP contribution in [0.25, 0.3) is 0 Å². The molecule has 0 bridgehead atoms. The standard InChI is InChI=1S/C19H30N4O/c1-15(16-6-3-2-4-7-16)14-18(24)22-17-8-12-23(13-9-17)19-20-10-5-11-21-19/h5,10-11,15-17H,2-4,6-9,12-14H2,1H3,(H,22,24)/t15-/m0/s1. The summed E-state index contributed by atoms with van der Waals surface area (Å²) in [7, 11) is 0. The van der Waals surface area contributed by atoms with Crippen LogP contribution in [0.5, 0.6) is 0 Å². The first-order valence-corrected chi connectivity index (χ1v) is 9.53.